The molecule has 0 spiro atoms. The zero-order valence-electron chi connectivity index (χ0n) is 52.8. The van der Waals surface area contributed by atoms with Crippen LogP contribution in [0.4, 0.5) is 5.69 Å². The number of aromatic nitrogens is 7. The molecular weight excluding hydrogens is 1410 g/mol. The van der Waals surface area contributed by atoms with Gasteiger partial charge in [-0.25, -0.2) is 14.1 Å². The molecule has 1 N–H and O–H groups in total. The maximum Gasteiger partial charge on any atom is 0.317 e. The lowest BCUT2D eigenvalue weighted by Gasteiger charge is -2.10. The van der Waals surface area contributed by atoms with Crippen LogP contribution < -0.4 is 0 Å². The van der Waals surface area contributed by atoms with Crippen LogP contribution in [-0.4, -0.2) is 132 Å². The fraction of sp³-hybridized carbons (Fsp3) is 0.484. The Bertz CT molecular complexity index is 3100. The molecule has 0 aliphatic heterocycles. The molecule has 7 aromatic heterocycles. The van der Waals surface area contributed by atoms with E-state index in [0.29, 0.717) is 43.3 Å². The van der Waals surface area contributed by atoms with Crippen molar-refractivity contribution >= 4 is 114 Å². The number of carbonyl (C=O) groups excluding carboxylic acids is 2. The molecule has 0 radical (unpaired) electrons. The van der Waals surface area contributed by atoms with Crippen molar-refractivity contribution in [3.8, 4) is 0 Å². The molecule has 0 atom stereocenters. The maximum absolute atomic E-state index is 11.1. The predicted molar refractivity (Wildman–Crippen MR) is 363 cm³/mol. The summed E-state index contributed by atoms with van der Waals surface area (Å²) in [6, 6.07) is 21.6. The maximum atomic E-state index is 11.1. The van der Waals surface area contributed by atoms with Crippen LogP contribution in [0.2, 0.25) is 0 Å². The van der Waals surface area contributed by atoms with Crippen LogP contribution in [0.15, 0.2) is 94.2 Å². The van der Waals surface area contributed by atoms with Crippen LogP contribution in [0, 0.1) is 51.7 Å². The molecule has 0 unspecified atom stereocenters. The fourth-order valence-electron chi connectivity index (χ4n) is 7.84. The third kappa shape index (κ3) is 31.6. The van der Waals surface area contributed by atoms with Gasteiger partial charge in [-0.1, -0.05) is 132 Å². The van der Waals surface area contributed by atoms with Gasteiger partial charge < -0.3 is 15.0 Å². The number of Topliss-reactive ketones (excluding diaryl/α,β-unsaturated/α-hetero) is 1. The molecular formula is C62H89Br5N12O6. The quantitative estimate of drug-likeness (QED) is 0.0280. The van der Waals surface area contributed by atoms with Crippen molar-refractivity contribution in [2.45, 2.75) is 147 Å². The normalized spacial score (nSPS) is 10.7. The number of halogens is 5. The molecule has 0 saturated carbocycles. The molecule has 0 bridgehead atoms. The van der Waals surface area contributed by atoms with E-state index in [-0.39, 0.29) is 22.3 Å². The van der Waals surface area contributed by atoms with Gasteiger partial charge in [0.15, 0.2) is 0 Å². The SMILES string of the molecule is CCC(=O)Cc1cc(Br)cc(C)n1.CCC(=O)N(C)OC.CCC(Cc1cc(Br)cc(C)n1)=NO.CCc1cc2cc(Br)cc(C)n2n1.CCc1nn2c(C)cc(Br)cc2c1[N+](=O)[O-].CN(C)CCCCCCN(C)C.Cc1cc(Br)cc(C)n1. The molecule has 85 heavy (non-hydrogen) atoms. The highest BCUT2D eigenvalue weighted by atomic mass is 79.9. The molecule has 7 rings (SSSR count). The lowest BCUT2D eigenvalue weighted by Crippen LogP contribution is -2.23. The van der Waals surface area contributed by atoms with Crippen LogP contribution in [0.25, 0.3) is 11.0 Å². The van der Waals surface area contributed by atoms with E-state index in [2.05, 4.69) is 185 Å². The van der Waals surface area contributed by atoms with Crippen molar-refractivity contribution in [1.82, 2.24) is 49.0 Å². The molecule has 7 heterocycles. The third-order valence-electron chi connectivity index (χ3n) is 12.1. The number of nitro groups is 1. The summed E-state index contributed by atoms with van der Waals surface area (Å²) in [7, 11) is 11.6. The number of hydroxylamine groups is 2. The highest BCUT2D eigenvalue weighted by molar-refractivity contribution is 9.11. The van der Waals surface area contributed by atoms with Gasteiger partial charge in [0.1, 0.15) is 17.0 Å². The van der Waals surface area contributed by atoms with Gasteiger partial charge in [-0.2, -0.15) is 10.2 Å². The van der Waals surface area contributed by atoms with Gasteiger partial charge >= 0.3 is 5.69 Å². The first-order valence-corrected chi connectivity index (χ1v) is 32.2. The summed E-state index contributed by atoms with van der Waals surface area (Å²) in [6.45, 7) is 23.8. The van der Waals surface area contributed by atoms with Crippen LogP contribution in [-0.2, 0) is 40.1 Å². The van der Waals surface area contributed by atoms with Crippen LogP contribution in [0.3, 0.4) is 0 Å². The Morgan fingerprint density at radius 1 is 0.576 bits per heavy atom. The average Bonchev–Trinajstić information content (AvgIpc) is 4.15. The van der Waals surface area contributed by atoms with E-state index in [9.17, 15) is 19.7 Å². The second-order valence-corrected chi connectivity index (χ2v) is 24.9. The summed E-state index contributed by atoms with van der Waals surface area (Å²) in [5, 5.41) is 32.8. The number of oxime groups is 1. The van der Waals surface area contributed by atoms with E-state index in [1.54, 1.807) is 24.6 Å². The van der Waals surface area contributed by atoms with Crippen molar-refractivity contribution in [2.24, 2.45) is 5.16 Å². The number of carbonyl (C=O) groups is 2. The van der Waals surface area contributed by atoms with E-state index < -0.39 is 0 Å². The first-order valence-electron chi connectivity index (χ1n) is 28.2. The van der Waals surface area contributed by atoms with Gasteiger partial charge in [-0.05, 0) is 182 Å². The summed E-state index contributed by atoms with van der Waals surface area (Å²) in [5.41, 5.74) is 12.0. The Labute approximate surface area is 546 Å². The minimum atomic E-state index is -0.368. The van der Waals surface area contributed by atoms with E-state index in [4.69, 9.17) is 5.21 Å². The van der Waals surface area contributed by atoms with Gasteiger partial charge in [0.25, 0.3) is 0 Å². The summed E-state index contributed by atoms with van der Waals surface area (Å²) in [4.78, 5) is 54.3. The minimum Gasteiger partial charge on any atom is -0.411 e. The number of nitrogens with zero attached hydrogens (tertiary/aromatic N) is 12. The van der Waals surface area contributed by atoms with Gasteiger partial charge in [-0.15, -0.1) is 0 Å². The Balaban J connectivity index is 0.000000501. The van der Waals surface area contributed by atoms with Crippen LogP contribution >= 0.6 is 79.6 Å². The van der Waals surface area contributed by atoms with E-state index >= 15 is 0 Å². The number of hydrogen-bond donors (Lipinski definition) is 1. The number of aryl methyl sites for hydroxylation is 8. The number of rotatable bonds is 18. The predicted octanol–water partition coefficient (Wildman–Crippen LogP) is 16.0. The smallest absolute Gasteiger partial charge is 0.317 e. The van der Waals surface area contributed by atoms with Crippen molar-refractivity contribution < 1.29 is 24.6 Å². The van der Waals surface area contributed by atoms with E-state index in [1.165, 1.54) is 50.9 Å². The van der Waals surface area contributed by atoms with Gasteiger partial charge in [0.05, 0.1) is 29.0 Å². The third-order valence-corrected chi connectivity index (χ3v) is 14.4. The topological polar surface area (TPSA) is 202 Å². The van der Waals surface area contributed by atoms with Crippen molar-refractivity contribution in [3.05, 3.63) is 156 Å². The summed E-state index contributed by atoms with van der Waals surface area (Å²) in [5.74, 6) is 0.220. The lowest BCUT2D eigenvalue weighted by molar-refractivity contribution is -0.383. The first kappa shape index (κ1) is 78.1. The molecule has 0 fully saturated rings. The number of fused-ring (bicyclic) bond motifs is 2. The van der Waals surface area contributed by atoms with E-state index in [0.717, 1.165) is 97.7 Å². The molecule has 468 valence electrons. The number of unbranched alkanes of at least 4 members (excludes halogenated alkanes) is 3. The standard InChI is InChI=1S/C10H10BrN3O2.C10H13BrN2O.C10H11BrN2.C10H12BrNO.C10H24N2.C7H8BrN.C5H11NO2/c1-3-8-10(14(15)16)9-5-7(11)4-6(2)13(9)12-8;1-3-9(13-14)6-10-5-8(11)4-7(2)12-10;1-3-9-6-10-5-8(11)4-7(2)13(10)12-9;1-3-10(13)6-9-5-8(11)4-7(2)12-9;1-11(2)9-7-5-6-8-10-12(3)4;1-5-3-7(8)4-6(2)9-5;1-4-5(7)6(2)8-3/h4-5H,3H2,1-2H3;4-5,14H,3,6H2,1-2H3;4-6H,3H2,1-2H3;4-5H,3,6H2,1-2H3;5-10H2,1-4H3;3-4H,1-2H3;4H2,1-3H3. The molecule has 1 amide bonds. The highest BCUT2D eigenvalue weighted by Gasteiger charge is 2.23. The van der Waals surface area contributed by atoms with E-state index in [1.807, 2.05) is 102 Å². The van der Waals surface area contributed by atoms with Crippen LogP contribution in [0.1, 0.15) is 137 Å². The molecule has 0 aliphatic carbocycles. The van der Waals surface area contributed by atoms with Crippen molar-refractivity contribution in [1.29, 1.82) is 0 Å². The summed E-state index contributed by atoms with van der Waals surface area (Å²) >= 11 is 17.0. The van der Waals surface area contributed by atoms with Gasteiger partial charge in [0, 0.05) is 101 Å². The monoisotopic (exact) mass is 1490 g/mol. The average molecular weight is 1500 g/mol. The number of hydrogen-bond acceptors (Lipinski definition) is 14. The molecule has 7 aromatic rings. The Morgan fingerprint density at radius 2 is 1.04 bits per heavy atom. The molecule has 0 saturated heterocycles. The molecule has 0 aliphatic rings. The zero-order valence-corrected chi connectivity index (χ0v) is 60.7. The number of ketones is 1. The van der Waals surface area contributed by atoms with Crippen LogP contribution in [0.5, 0.6) is 0 Å². The Kier molecular flexibility index (Phi) is 38.7. The van der Waals surface area contributed by atoms with Gasteiger partial charge in [0.2, 0.25) is 5.91 Å². The largest absolute Gasteiger partial charge is 0.411 e. The highest BCUT2D eigenvalue weighted by Crippen LogP contribution is 2.28. The Hall–Kier alpha value is -4.88. The number of amides is 1. The molecule has 0 aromatic carbocycles. The Morgan fingerprint density at radius 3 is 1.42 bits per heavy atom. The molecule has 18 nitrogen and oxygen atoms in total. The second-order valence-electron chi connectivity index (χ2n) is 20.3. The van der Waals surface area contributed by atoms with Crippen molar-refractivity contribution in [2.75, 3.05) is 55.4 Å². The summed E-state index contributed by atoms with van der Waals surface area (Å²) in [6.07, 6.45) is 9.85. The minimum absolute atomic E-state index is 0.00694. The first-order chi connectivity index (χ1) is 40.0. The van der Waals surface area contributed by atoms with Crippen molar-refractivity contribution in [3.63, 3.8) is 0 Å². The lowest BCUT2D eigenvalue weighted by atomic mass is 10.1. The summed E-state index contributed by atoms with van der Waals surface area (Å²) < 4.78 is 8.62. The second kappa shape index (κ2) is 42.1. The molecule has 23 heteroatoms. The zero-order chi connectivity index (χ0) is 64.5. The number of pyridine rings is 5. The fourth-order valence-corrected chi connectivity index (χ4v) is 10.8. The van der Waals surface area contributed by atoms with Gasteiger partial charge in [-0.3, -0.25) is 39.5 Å².